The first-order chi connectivity index (χ1) is 9.68. The number of nitrogens with one attached hydrogen (secondary N) is 1. The van der Waals surface area contributed by atoms with Crippen LogP contribution in [0.15, 0.2) is 47.2 Å². The number of benzene rings is 1. The highest BCUT2D eigenvalue weighted by Gasteiger charge is 2.16. The molecule has 0 fully saturated rings. The maximum atomic E-state index is 10.9. The van der Waals surface area contributed by atoms with Crippen LogP contribution in [0, 0.1) is 10.1 Å². The van der Waals surface area contributed by atoms with Gasteiger partial charge in [0.15, 0.2) is 0 Å². The van der Waals surface area contributed by atoms with Crippen molar-refractivity contribution in [1.82, 2.24) is 4.98 Å². The van der Waals surface area contributed by atoms with E-state index >= 15 is 0 Å². The van der Waals surface area contributed by atoms with Gasteiger partial charge in [0, 0.05) is 12.7 Å². The largest absolute Gasteiger partial charge is 0.378 e. The van der Waals surface area contributed by atoms with Crippen LogP contribution in [-0.2, 0) is 6.42 Å². The van der Waals surface area contributed by atoms with E-state index in [0.29, 0.717) is 16.7 Å². The van der Waals surface area contributed by atoms with Gasteiger partial charge in [0.1, 0.15) is 11.9 Å². The highest BCUT2D eigenvalue weighted by molar-refractivity contribution is 9.10. The Labute approximate surface area is 125 Å². The fraction of sp³-hybridized carbons (Fsp3) is 0.214. The number of hydrogen-bond donors (Lipinski definition) is 1. The van der Waals surface area contributed by atoms with Gasteiger partial charge < -0.3 is 5.32 Å². The maximum Gasteiger partial charge on any atom is 0.311 e. The van der Waals surface area contributed by atoms with Crippen LogP contribution in [0.5, 0.6) is 0 Å². The van der Waals surface area contributed by atoms with Crippen molar-refractivity contribution in [3.8, 4) is 0 Å². The summed E-state index contributed by atoms with van der Waals surface area (Å²) in [5.41, 5.74) is 1.73. The zero-order valence-corrected chi connectivity index (χ0v) is 12.3. The van der Waals surface area contributed by atoms with Crippen LogP contribution in [0.1, 0.15) is 12.0 Å². The third-order valence-corrected chi connectivity index (χ3v) is 3.46. The predicted octanol–water partition coefficient (Wildman–Crippen LogP) is 3.80. The van der Waals surface area contributed by atoms with Gasteiger partial charge in [-0.1, -0.05) is 30.3 Å². The molecule has 1 heterocycles. The summed E-state index contributed by atoms with van der Waals surface area (Å²) in [7, 11) is 0. The Bertz CT molecular complexity index is 590. The van der Waals surface area contributed by atoms with Crippen LogP contribution in [0.25, 0.3) is 0 Å². The molecule has 6 heteroatoms. The van der Waals surface area contributed by atoms with Gasteiger partial charge in [0.05, 0.1) is 9.40 Å². The topological polar surface area (TPSA) is 68.1 Å². The van der Waals surface area contributed by atoms with E-state index in [-0.39, 0.29) is 5.69 Å². The van der Waals surface area contributed by atoms with Crippen molar-refractivity contribution in [3.63, 3.8) is 0 Å². The molecular formula is C14H14BrN3O2. The fourth-order valence-corrected chi connectivity index (χ4v) is 2.35. The normalized spacial score (nSPS) is 10.2. The van der Waals surface area contributed by atoms with Gasteiger partial charge in [-0.05, 0) is 34.3 Å². The van der Waals surface area contributed by atoms with E-state index < -0.39 is 4.92 Å². The minimum Gasteiger partial charge on any atom is -0.378 e. The summed E-state index contributed by atoms with van der Waals surface area (Å²) in [4.78, 5) is 14.3. The zero-order valence-electron chi connectivity index (χ0n) is 10.8. The number of nitro groups is 1. The number of aryl methyl sites for hydroxylation is 1. The molecule has 0 saturated heterocycles. The van der Waals surface area contributed by atoms with Crippen molar-refractivity contribution in [1.29, 1.82) is 0 Å². The molecule has 0 amide bonds. The molecule has 1 N–H and O–H groups in total. The minimum atomic E-state index is -0.433. The Morgan fingerprint density at radius 2 is 2.00 bits per heavy atom. The molecule has 0 aliphatic carbocycles. The zero-order chi connectivity index (χ0) is 14.4. The SMILES string of the molecule is O=[N+]([O-])c1cncc(Br)c1NCCCc1ccccc1. The van der Waals surface area contributed by atoms with E-state index in [0.717, 1.165) is 12.8 Å². The number of anilines is 1. The van der Waals surface area contributed by atoms with E-state index in [2.05, 4.69) is 38.4 Å². The molecule has 0 unspecified atom stereocenters. The highest BCUT2D eigenvalue weighted by atomic mass is 79.9. The van der Waals surface area contributed by atoms with E-state index in [4.69, 9.17) is 0 Å². The quantitative estimate of drug-likeness (QED) is 0.495. The first kappa shape index (κ1) is 14.5. The number of pyridine rings is 1. The van der Waals surface area contributed by atoms with Gasteiger partial charge in [0.2, 0.25) is 0 Å². The van der Waals surface area contributed by atoms with E-state index in [1.54, 1.807) is 6.20 Å². The monoisotopic (exact) mass is 335 g/mol. The number of rotatable bonds is 6. The number of aromatic nitrogens is 1. The molecular weight excluding hydrogens is 322 g/mol. The molecule has 0 bridgehead atoms. The van der Waals surface area contributed by atoms with E-state index in [9.17, 15) is 10.1 Å². The maximum absolute atomic E-state index is 10.9. The van der Waals surface area contributed by atoms with Crippen LogP contribution < -0.4 is 5.32 Å². The third kappa shape index (κ3) is 3.77. The first-order valence-electron chi connectivity index (χ1n) is 6.24. The van der Waals surface area contributed by atoms with Crippen molar-refractivity contribution in [2.75, 3.05) is 11.9 Å². The first-order valence-corrected chi connectivity index (χ1v) is 7.03. The number of nitrogens with zero attached hydrogens (tertiary/aromatic N) is 2. The molecule has 0 radical (unpaired) electrons. The van der Waals surface area contributed by atoms with Crippen molar-refractivity contribution >= 4 is 27.3 Å². The molecule has 0 aliphatic heterocycles. The molecule has 5 nitrogen and oxygen atoms in total. The second-order valence-electron chi connectivity index (χ2n) is 4.29. The molecule has 0 atom stereocenters. The summed E-state index contributed by atoms with van der Waals surface area (Å²) >= 11 is 3.28. The van der Waals surface area contributed by atoms with Crippen molar-refractivity contribution in [2.24, 2.45) is 0 Å². The molecule has 104 valence electrons. The smallest absolute Gasteiger partial charge is 0.311 e. The lowest BCUT2D eigenvalue weighted by molar-refractivity contribution is -0.384. The Kier molecular flexibility index (Phi) is 5.06. The average Bonchev–Trinajstić information content (AvgIpc) is 2.45. The van der Waals surface area contributed by atoms with Gasteiger partial charge >= 0.3 is 5.69 Å². The third-order valence-electron chi connectivity index (χ3n) is 2.86. The molecule has 2 rings (SSSR count). The lowest BCUT2D eigenvalue weighted by Gasteiger charge is -2.08. The molecule has 0 spiro atoms. The van der Waals surface area contributed by atoms with Crippen molar-refractivity contribution in [2.45, 2.75) is 12.8 Å². The van der Waals surface area contributed by atoms with Crippen molar-refractivity contribution < 1.29 is 4.92 Å². The minimum absolute atomic E-state index is 0.0147. The second-order valence-corrected chi connectivity index (χ2v) is 5.14. The molecule has 0 saturated carbocycles. The Morgan fingerprint density at radius 3 is 2.70 bits per heavy atom. The molecule has 1 aromatic carbocycles. The Morgan fingerprint density at radius 1 is 1.25 bits per heavy atom. The van der Waals surface area contributed by atoms with Gasteiger partial charge in [0.25, 0.3) is 0 Å². The predicted molar refractivity (Wildman–Crippen MR) is 81.8 cm³/mol. The summed E-state index contributed by atoms with van der Waals surface area (Å²) in [6.07, 6.45) is 4.64. The van der Waals surface area contributed by atoms with Crippen molar-refractivity contribution in [3.05, 3.63) is 62.9 Å². The van der Waals surface area contributed by atoms with Gasteiger partial charge in [-0.3, -0.25) is 15.1 Å². The van der Waals surface area contributed by atoms with Gasteiger partial charge in [-0.15, -0.1) is 0 Å². The molecule has 0 aliphatic rings. The number of hydrogen-bond acceptors (Lipinski definition) is 4. The lowest BCUT2D eigenvalue weighted by atomic mass is 10.1. The number of halogens is 1. The second kappa shape index (κ2) is 7.00. The molecule has 1 aromatic heterocycles. The van der Waals surface area contributed by atoms with Gasteiger partial charge in [-0.25, -0.2) is 0 Å². The fourth-order valence-electron chi connectivity index (χ4n) is 1.89. The lowest BCUT2D eigenvalue weighted by Crippen LogP contribution is -2.06. The molecule has 20 heavy (non-hydrogen) atoms. The molecule has 2 aromatic rings. The summed E-state index contributed by atoms with van der Waals surface area (Å²) < 4.78 is 0.603. The highest BCUT2D eigenvalue weighted by Crippen LogP contribution is 2.30. The van der Waals surface area contributed by atoms with Crippen LogP contribution in [0.3, 0.4) is 0 Å². The van der Waals surface area contributed by atoms with E-state index in [1.165, 1.54) is 11.8 Å². The van der Waals surface area contributed by atoms with E-state index in [1.807, 2.05) is 18.2 Å². The summed E-state index contributed by atoms with van der Waals surface area (Å²) in [6.45, 7) is 0.665. The summed E-state index contributed by atoms with van der Waals surface area (Å²) in [6, 6.07) is 10.1. The van der Waals surface area contributed by atoms with Crippen LogP contribution in [0.4, 0.5) is 11.4 Å². The van der Waals surface area contributed by atoms with Gasteiger partial charge in [-0.2, -0.15) is 0 Å². The Balaban J connectivity index is 1.93. The summed E-state index contributed by atoms with van der Waals surface area (Å²) in [5, 5.41) is 14.0. The van der Waals surface area contributed by atoms with Crippen LogP contribution in [-0.4, -0.2) is 16.5 Å². The Hall–Kier alpha value is -1.95. The standard InChI is InChI=1S/C14H14BrN3O2/c15-12-9-16-10-13(18(19)20)14(12)17-8-4-7-11-5-2-1-3-6-11/h1-3,5-6,9-10H,4,7-8H2,(H,16,17). The van der Waals surface area contributed by atoms with Crippen LogP contribution >= 0.6 is 15.9 Å². The summed E-state index contributed by atoms with van der Waals surface area (Å²) in [5.74, 6) is 0. The average molecular weight is 336 g/mol. The van der Waals surface area contributed by atoms with Crippen LogP contribution in [0.2, 0.25) is 0 Å².